The lowest BCUT2D eigenvalue weighted by molar-refractivity contribution is -0.169. The summed E-state index contributed by atoms with van der Waals surface area (Å²) in [5, 5.41) is 2.98. The molecule has 2 aliphatic rings. The summed E-state index contributed by atoms with van der Waals surface area (Å²) in [4.78, 5) is 30.5. The number of hydrogen-bond donors (Lipinski definition) is 2. The molecule has 4 rings (SSSR count). The van der Waals surface area contributed by atoms with Gasteiger partial charge < -0.3 is 25.3 Å². The average molecular weight is 383 g/mol. The Hall–Kier alpha value is -2.87. The number of fused-ring (bicyclic) bond motifs is 2. The number of carbonyl (C=O) groups is 2. The molecule has 3 amide bonds. The lowest BCUT2D eigenvalue weighted by Gasteiger charge is -2.45. The van der Waals surface area contributed by atoms with E-state index >= 15 is 0 Å². The van der Waals surface area contributed by atoms with Crippen LogP contribution in [0.3, 0.4) is 0 Å². The first kappa shape index (κ1) is 18.5. The van der Waals surface area contributed by atoms with Gasteiger partial charge in [0.05, 0.1) is 6.54 Å². The molecule has 8 nitrogen and oxygen atoms in total. The zero-order valence-corrected chi connectivity index (χ0v) is 15.7. The van der Waals surface area contributed by atoms with E-state index in [4.69, 9.17) is 10.5 Å². The van der Waals surface area contributed by atoms with Crippen LogP contribution in [0.5, 0.6) is 0 Å². The summed E-state index contributed by atoms with van der Waals surface area (Å²) in [5.74, 6) is 0.342. The van der Waals surface area contributed by atoms with Gasteiger partial charge in [-0.1, -0.05) is 30.3 Å². The SMILES string of the molecule is NC(=O)C1Cn2ccnc2C2(CCN(C(=O)NCCc3ccccc3)CC2)O1. The molecule has 28 heavy (non-hydrogen) atoms. The summed E-state index contributed by atoms with van der Waals surface area (Å²) >= 11 is 0. The molecule has 3 N–H and O–H groups in total. The van der Waals surface area contributed by atoms with Crippen molar-refractivity contribution in [3.63, 3.8) is 0 Å². The number of nitrogens with zero attached hydrogens (tertiary/aromatic N) is 3. The van der Waals surface area contributed by atoms with Gasteiger partial charge in [0.2, 0.25) is 5.91 Å². The number of nitrogens with one attached hydrogen (secondary N) is 1. The number of ether oxygens (including phenoxy) is 1. The van der Waals surface area contributed by atoms with Crippen LogP contribution in [-0.4, -0.2) is 52.1 Å². The second-order valence-electron chi connectivity index (χ2n) is 7.36. The highest BCUT2D eigenvalue weighted by molar-refractivity contribution is 5.79. The number of primary amides is 1. The van der Waals surface area contributed by atoms with Gasteiger partial charge in [-0.25, -0.2) is 9.78 Å². The molecular formula is C20H25N5O3. The van der Waals surface area contributed by atoms with Gasteiger partial charge >= 0.3 is 6.03 Å². The van der Waals surface area contributed by atoms with Gasteiger partial charge in [-0.05, 0) is 12.0 Å². The molecule has 1 atom stereocenters. The fourth-order valence-corrected chi connectivity index (χ4v) is 4.03. The average Bonchev–Trinajstić information content (AvgIpc) is 3.19. The second kappa shape index (κ2) is 7.63. The molecule has 8 heteroatoms. The molecule has 0 radical (unpaired) electrons. The third-order valence-corrected chi connectivity index (χ3v) is 5.56. The lowest BCUT2D eigenvalue weighted by Crippen LogP contribution is -2.55. The molecule has 1 saturated heterocycles. The summed E-state index contributed by atoms with van der Waals surface area (Å²) in [6, 6.07) is 10.00. The maximum Gasteiger partial charge on any atom is 0.317 e. The maximum atomic E-state index is 12.5. The standard InChI is InChI=1S/C20H25N5O3/c21-17(26)16-14-25-13-10-22-18(25)20(28-16)7-11-24(12-8-20)19(27)23-9-6-15-4-2-1-3-5-15/h1-5,10,13,16H,6-9,11-12,14H2,(H2,21,26)(H,23,27). The third kappa shape index (κ3) is 3.60. The van der Waals surface area contributed by atoms with Gasteiger partial charge in [0.1, 0.15) is 11.4 Å². The number of urea groups is 1. The Morgan fingerprint density at radius 2 is 2.00 bits per heavy atom. The Balaban J connectivity index is 1.35. The number of imidazole rings is 1. The van der Waals surface area contributed by atoms with E-state index in [9.17, 15) is 9.59 Å². The minimum Gasteiger partial charge on any atom is -0.367 e. The van der Waals surface area contributed by atoms with Crippen molar-refractivity contribution in [1.29, 1.82) is 0 Å². The fraction of sp³-hybridized carbons (Fsp3) is 0.450. The first-order chi connectivity index (χ1) is 13.6. The Bertz CT molecular complexity index is 843. The zero-order valence-electron chi connectivity index (χ0n) is 15.7. The van der Waals surface area contributed by atoms with Crippen molar-refractivity contribution in [2.24, 2.45) is 5.73 Å². The Labute approximate surface area is 163 Å². The van der Waals surface area contributed by atoms with E-state index in [1.165, 1.54) is 5.56 Å². The minimum absolute atomic E-state index is 0.0728. The van der Waals surface area contributed by atoms with Crippen molar-refractivity contribution in [2.75, 3.05) is 19.6 Å². The van der Waals surface area contributed by atoms with Gasteiger partial charge in [-0.3, -0.25) is 4.79 Å². The Morgan fingerprint density at radius 1 is 1.25 bits per heavy atom. The van der Waals surface area contributed by atoms with Crippen LogP contribution in [0.2, 0.25) is 0 Å². The zero-order chi connectivity index (χ0) is 19.6. The first-order valence-electron chi connectivity index (χ1n) is 9.63. The predicted octanol–water partition coefficient (Wildman–Crippen LogP) is 1.01. The minimum atomic E-state index is -0.673. The molecule has 1 aromatic heterocycles. The fourth-order valence-electron chi connectivity index (χ4n) is 4.03. The van der Waals surface area contributed by atoms with Crippen molar-refractivity contribution in [3.8, 4) is 0 Å². The summed E-state index contributed by atoms with van der Waals surface area (Å²) in [7, 11) is 0. The smallest absolute Gasteiger partial charge is 0.317 e. The topological polar surface area (TPSA) is 102 Å². The van der Waals surface area contributed by atoms with E-state index in [1.807, 2.05) is 29.0 Å². The molecule has 2 aliphatic heterocycles. The molecule has 1 spiro atoms. The van der Waals surface area contributed by atoms with Crippen LogP contribution in [0.25, 0.3) is 0 Å². The predicted molar refractivity (Wildman–Crippen MR) is 102 cm³/mol. The van der Waals surface area contributed by atoms with Crippen LogP contribution in [0, 0.1) is 0 Å². The van der Waals surface area contributed by atoms with Gasteiger partial charge in [0.15, 0.2) is 6.10 Å². The molecule has 3 heterocycles. The molecule has 0 aliphatic carbocycles. The Morgan fingerprint density at radius 3 is 2.71 bits per heavy atom. The number of carbonyl (C=O) groups excluding carboxylic acids is 2. The van der Waals surface area contributed by atoms with Crippen LogP contribution in [0.1, 0.15) is 24.2 Å². The first-order valence-corrected chi connectivity index (χ1v) is 9.63. The van der Waals surface area contributed by atoms with E-state index in [0.29, 0.717) is 39.0 Å². The van der Waals surface area contributed by atoms with Crippen molar-refractivity contribution in [1.82, 2.24) is 19.8 Å². The summed E-state index contributed by atoms with van der Waals surface area (Å²) in [6.07, 6.45) is 4.85. The lowest BCUT2D eigenvalue weighted by atomic mass is 9.88. The van der Waals surface area contributed by atoms with Crippen molar-refractivity contribution >= 4 is 11.9 Å². The highest BCUT2D eigenvalue weighted by atomic mass is 16.5. The number of piperidine rings is 1. The summed E-state index contributed by atoms with van der Waals surface area (Å²) in [6.45, 7) is 2.05. The van der Waals surface area contributed by atoms with E-state index < -0.39 is 17.6 Å². The van der Waals surface area contributed by atoms with Gasteiger partial charge in [0, 0.05) is 44.9 Å². The largest absolute Gasteiger partial charge is 0.367 e. The van der Waals surface area contributed by atoms with Crippen molar-refractivity contribution in [3.05, 3.63) is 54.1 Å². The molecule has 0 saturated carbocycles. The normalized spacial score (nSPS) is 20.6. The van der Waals surface area contributed by atoms with Crippen LogP contribution in [-0.2, 0) is 28.1 Å². The molecule has 1 fully saturated rings. The van der Waals surface area contributed by atoms with Crippen LogP contribution >= 0.6 is 0 Å². The van der Waals surface area contributed by atoms with Crippen molar-refractivity contribution in [2.45, 2.75) is 37.5 Å². The number of benzene rings is 1. The molecular weight excluding hydrogens is 358 g/mol. The van der Waals surface area contributed by atoms with E-state index in [0.717, 1.165) is 12.2 Å². The van der Waals surface area contributed by atoms with Gasteiger partial charge in [0.25, 0.3) is 0 Å². The van der Waals surface area contributed by atoms with E-state index in [-0.39, 0.29) is 6.03 Å². The quantitative estimate of drug-likeness (QED) is 0.822. The highest BCUT2D eigenvalue weighted by Crippen LogP contribution is 2.39. The van der Waals surface area contributed by atoms with Gasteiger partial charge in [-0.2, -0.15) is 0 Å². The van der Waals surface area contributed by atoms with E-state index in [1.54, 1.807) is 11.1 Å². The highest BCUT2D eigenvalue weighted by Gasteiger charge is 2.47. The number of hydrogen-bond acceptors (Lipinski definition) is 4. The maximum absolute atomic E-state index is 12.5. The van der Waals surface area contributed by atoms with Crippen LogP contribution in [0.4, 0.5) is 4.79 Å². The number of rotatable bonds is 4. The van der Waals surface area contributed by atoms with E-state index in [2.05, 4.69) is 22.4 Å². The second-order valence-corrected chi connectivity index (χ2v) is 7.36. The van der Waals surface area contributed by atoms with Crippen LogP contribution < -0.4 is 11.1 Å². The summed E-state index contributed by atoms with van der Waals surface area (Å²) in [5.41, 5.74) is 6.02. The molecule has 2 aromatic rings. The Kier molecular flexibility index (Phi) is 5.04. The molecule has 1 unspecified atom stereocenters. The van der Waals surface area contributed by atoms with Crippen LogP contribution in [0.15, 0.2) is 42.7 Å². The van der Waals surface area contributed by atoms with Crippen molar-refractivity contribution < 1.29 is 14.3 Å². The number of aromatic nitrogens is 2. The number of nitrogens with two attached hydrogens (primary N) is 1. The van der Waals surface area contributed by atoms with Gasteiger partial charge in [-0.15, -0.1) is 0 Å². The number of amides is 3. The summed E-state index contributed by atoms with van der Waals surface area (Å²) < 4.78 is 8.05. The molecule has 0 bridgehead atoms. The number of likely N-dealkylation sites (tertiary alicyclic amines) is 1. The molecule has 1 aromatic carbocycles. The monoisotopic (exact) mass is 383 g/mol. The molecule has 148 valence electrons. The third-order valence-electron chi connectivity index (χ3n) is 5.56.